The molecule has 4 nitrogen and oxygen atoms in total. The van der Waals surface area contributed by atoms with E-state index in [2.05, 4.69) is 0 Å². The van der Waals surface area contributed by atoms with Crippen molar-refractivity contribution >= 4 is 11.9 Å². The van der Waals surface area contributed by atoms with Gasteiger partial charge in [0.2, 0.25) is 0 Å². The maximum absolute atomic E-state index is 11.2. The predicted molar refractivity (Wildman–Crippen MR) is 58.0 cm³/mol. The van der Waals surface area contributed by atoms with Gasteiger partial charge in [0.25, 0.3) is 0 Å². The largest absolute Gasteiger partial charge is 0.478 e. The first-order chi connectivity index (χ1) is 7.52. The Labute approximate surface area is 93.9 Å². The standard InChI is InChI=1S/C12H14O4/c1-8(2)12(15)16-7-9-5-3-4-6-10(9)11(13)14/h3-6,8H,7H2,1-2H3,(H,13,14). The van der Waals surface area contributed by atoms with Crippen LogP contribution in [0.3, 0.4) is 0 Å². The molecule has 0 saturated heterocycles. The molecule has 0 heterocycles. The van der Waals surface area contributed by atoms with Gasteiger partial charge in [-0.1, -0.05) is 32.0 Å². The maximum Gasteiger partial charge on any atom is 0.336 e. The minimum absolute atomic E-state index is 0.000509. The van der Waals surface area contributed by atoms with Gasteiger partial charge in [0, 0.05) is 5.56 Å². The molecule has 0 amide bonds. The second kappa shape index (κ2) is 5.30. The average Bonchev–Trinajstić information content (AvgIpc) is 2.25. The minimum atomic E-state index is -1.02. The number of esters is 1. The molecule has 0 atom stereocenters. The zero-order valence-electron chi connectivity index (χ0n) is 9.27. The Morgan fingerprint density at radius 1 is 1.31 bits per heavy atom. The van der Waals surface area contributed by atoms with E-state index in [0.29, 0.717) is 5.56 Å². The smallest absolute Gasteiger partial charge is 0.336 e. The first-order valence-corrected chi connectivity index (χ1v) is 5.00. The lowest BCUT2D eigenvalue weighted by Crippen LogP contribution is -2.13. The van der Waals surface area contributed by atoms with E-state index in [1.54, 1.807) is 32.0 Å². The quantitative estimate of drug-likeness (QED) is 0.792. The third-order valence-electron chi connectivity index (χ3n) is 2.09. The van der Waals surface area contributed by atoms with E-state index in [1.165, 1.54) is 6.07 Å². The molecule has 0 aromatic heterocycles. The highest BCUT2D eigenvalue weighted by molar-refractivity contribution is 5.89. The van der Waals surface area contributed by atoms with E-state index in [4.69, 9.17) is 9.84 Å². The molecule has 1 N–H and O–H groups in total. The summed E-state index contributed by atoms with van der Waals surface area (Å²) in [7, 11) is 0. The lowest BCUT2D eigenvalue weighted by atomic mass is 10.1. The van der Waals surface area contributed by atoms with Gasteiger partial charge in [-0.15, -0.1) is 0 Å². The Balaban J connectivity index is 2.74. The summed E-state index contributed by atoms with van der Waals surface area (Å²) >= 11 is 0. The van der Waals surface area contributed by atoms with E-state index >= 15 is 0 Å². The molecule has 4 heteroatoms. The van der Waals surface area contributed by atoms with Crippen LogP contribution in [0, 0.1) is 5.92 Å². The Kier molecular flexibility index (Phi) is 4.05. The van der Waals surface area contributed by atoms with Gasteiger partial charge in [-0.2, -0.15) is 0 Å². The molecule has 0 spiro atoms. The molecular weight excluding hydrogens is 208 g/mol. The van der Waals surface area contributed by atoms with Crippen LogP contribution < -0.4 is 0 Å². The SMILES string of the molecule is CC(C)C(=O)OCc1ccccc1C(=O)O. The fraction of sp³-hybridized carbons (Fsp3) is 0.333. The van der Waals surface area contributed by atoms with Crippen molar-refractivity contribution in [2.24, 2.45) is 5.92 Å². The highest BCUT2D eigenvalue weighted by Gasteiger charge is 2.12. The molecule has 0 unspecified atom stereocenters. The van der Waals surface area contributed by atoms with Gasteiger partial charge < -0.3 is 9.84 Å². The Morgan fingerprint density at radius 2 is 1.94 bits per heavy atom. The van der Waals surface area contributed by atoms with Crippen LogP contribution in [-0.4, -0.2) is 17.0 Å². The highest BCUT2D eigenvalue weighted by atomic mass is 16.5. The maximum atomic E-state index is 11.2. The van der Waals surface area contributed by atoms with Crippen molar-refractivity contribution in [3.05, 3.63) is 35.4 Å². The number of rotatable bonds is 4. The molecule has 0 radical (unpaired) electrons. The normalized spacial score (nSPS) is 10.2. The van der Waals surface area contributed by atoms with Crippen LogP contribution in [0.25, 0.3) is 0 Å². The molecule has 86 valence electrons. The number of hydrogen-bond acceptors (Lipinski definition) is 3. The Hall–Kier alpha value is -1.84. The number of ether oxygens (including phenoxy) is 1. The van der Waals surface area contributed by atoms with Crippen LogP contribution in [0.15, 0.2) is 24.3 Å². The Morgan fingerprint density at radius 3 is 2.50 bits per heavy atom. The van der Waals surface area contributed by atoms with Crippen molar-refractivity contribution in [3.8, 4) is 0 Å². The highest BCUT2D eigenvalue weighted by Crippen LogP contribution is 2.11. The summed E-state index contributed by atoms with van der Waals surface area (Å²) < 4.78 is 4.98. The van der Waals surface area contributed by atoms with Gasteiger partial charge in [-0.3, -0.25) is 4.79 Å². The lowest BCUT2D eigenvalue weighted by molar-refractivity contribution is -0.148. The summed E-state index contributed by atoms with van der Waals surface area (Å²) in [5.74, 6) is -1.56. The van der Waals surface area contributed by atoms with E-state index < -0.39 is 5.97 Å². The van der Waals surface area contributed by atoms with E-state index in [1.807, 2.05) is 0 Å². The number of benzene rings is 1. The van der Waals surface area contributed by atoms with Crippen LogP contribution in [0.4, 0.5) is 0 Å². The second-order valence-electron chi connectivity index (χ2n) is 3.72. The average molecular weight is 222 g/mol. The molecule has 1 rings (SSSR count). The van der Waals surface area contributed by atoms with Crippen LogP contribution in [0.1, 0.15) is 29.8 Å². The van der Waals surface area contributed by atoms with Crippen LogP contribution >= 0.6 is 0 Å². The summed E-state index contributed by atoms with van der Waals surface area (Å²) in [5.41, 5.74) is 0.669. The zero-order chi connectivity index (χ0) is 12.1. The fourth-order valence-electron chi connectivity index (χ4n) is 1.17. The number of carboxylic acids is 1. The van der Waals surface area contributed by atoms with Crippen molar-refractivity contribution in [1.82, 2.24) is 0 Å². The minimum Gasteiger partial charge on any atom is -0.478 e. The third-order valence-corrected chi connectivity index (χ3v) is 2.09. The zero-order valence-corrected chi connectivity index (χ0v) is 9.27. The van der Waals surface area contributed by atoms with Crippen molar-refractivity contribution in [1.29, 1.82) is 0 Å². The molecule has 0 fully saturated rings. The molecule has 0 aliphatic rings. The van der Waals surface area contributed by atoms with E-state index in [0.717, 1.165) is 0 Å². The summed E-state index contributed by atoms with van der Waals surface area (Å²) in [6, 6.07) is 6.47. The molecule has 0 saturated carbocycles. The van der Waals surface area contributed by atoms with Crippen molar-refractivity contribution in [2.75, 3.05) is 0 Å². The fourth-order valence-corrected chi connectivity index (χ4v) is 1.17. The number of carbonyl (C=O) groups is 2. The third kappa shape index (κ3) is 3.08. The van der Waals surface area contributed by atoms with Crippen molar-refractivity contribution < 1.29 is 19.4 Å². The van der Waals surface area contributed by atoms with Gasteiger partial charge >= 0.3 is 11.9 Å². The van der Waals surface area contributed by atoms with E-state index in [-0.39, 0.29) is 24.1 Å². The van der Waals surface area contributed by atoms with Gasteiger partial charge in [0.1, 0.15) is 6.61 Å². The molecule has 0 aliphatic carbocycles. The van der Waals surface area contributed by atoms with Crippen LogP contribution in [0.5, 0.6) is 0 Å². The molecule has 1 aromatic carbocycles. The number of carboxylic acid groups (broad SMARTS) is 1. The Bertz CT molecular complexity index is 396. The van der Waals surface area contributed by atoms with Gasteiger partial charge in [-0.05, 0) is 6.07 Å². The molecule has 1 aromatic rings. The number of hydrogen-bond donors (Lipinski definition) is 1. The summed E-state index contributed by atoms with van der Waals surface area (Å²) in [4.78, 5) is 22.1. The monoisotopic (exact) mass is 222 g/mol. The van der Waals surface area contributed by atoms with Gasteiger partial charge in [0.05, 0.1) is 11.5 Å². The second-order valence-corrected chi connectivity index (χ2v) is 3.72. The van der Waals surface area contributed by atoms with Crippen molar-refractivity contribution in [2.45, 2.75) is 20.5 Å². The first-order valence-electron chi connectivity index (χ1n) is 5.00. The first kappa shape index (κ1) is 12.2. The molecule has 16 heavy (non-hydrogen) atoms. The van der Waals surface area contributed by atoms with Crippen LogP contribution in [0.2, 0.25) is 0 Å². The van der Waals surface area contributed by atoms with Gasteiger partial charge in [0.15, 0.2) is 0 Å². The number of aromatic carboxylic acids is 1. The summed E-state index contributed by atoms with van der Waals surface area (Å²) in [5, 5.41) is 8.90. The van der Waals surface area contributed by atoms with Gasteiger partial charge in [-0.25, -0.2) is 4.79 Å². The molecule has 0 aliphatic heterocycles. The number of carbonyl (C=O) groups excluding carboxylic acids is 1. The lowest BCUT2D eigenvalue weighted by Gasteiger charge is -2.08. The molecule has 0 bridgehead atoms. The predicted octanol–water partition coefficient (Wildman–Crippen LogP) is 2.08. The summed E-state index contributed by atoms with van der Waals surface area (Å²) in [6.45, 7) is 3.45. The summed E-state index contributed by atoms with van der Waals surface area (Å²) in [6.07, 6.45) is 0. The molecular formula is C12H14O4. The van der Waals surface area contributed by atoms with Crippen LogP contribution in [-0.2, 0) is 16.1 Å². The van der Waals surface area contributed by atoms with Crippen molar-refractivity contribution in [3.63, 3.8) is 0 Å². The topological polar surface area (TPSA) is 63.6 Å². The van der Waals surface area contributed by atoms with E-state index in [9.17, 15) is 9.59 Å².